The van der Waals surface area contributed by atoms with E-state index in [9.17, 15) is 4.79 Å². The second-order valence-corrected chi connectivity index (χ2v) is 5.46. The van der Waals surface area contributed by atoms with Gasteiger partial charge in [-0.15, -0.1) is 0 Å². The van der Waals surface area contributed by atoms with Gasteiger partial charge in [0, 0.05) is 11.6 Å². The second kappa shape index (κ2) is 7.50. The molecule has 4 nitrogen and oxygen atoms in total. The van der Waals surface area contributed by atoms with E-state index in [0.717, 1.165) is 32.4 Å². The van der Waals surface area contributed by atoms with E-state index < -0.39 is 0 Å². The summed E-state index contributed by atoms with van der Waals surface area (Å²) in [5, 5.41) is 6.77. The number of halogens is 1. The highest BCUT2D eigenvalue weighted by Crippen LogP contribution is 2.29. The van der Waals surface area contributed by atoms with Crippen LogP contribution in [0.1, 0.15) is 26.2 Å². The van der Waals surface area contributed by atoms with Crippen molar-refractivity contribution >= 4 is 23.2 Å². The summed E-state index contributed by atoms with van der Waals surface area (Å²) in [6, 6.07) is 5.30. The van der Waals surface area contributed by atoms with E-state index in [1.165, 1.54) is 0 Å². The Balaban J connectivity index is 2.06. The van der Waals surface area contributed by atoms with E-state index in [-0.39, 0.29) is 11.8 Å². The van der Waals surface area contributed by atoms with Crippen LogP contribution >= 0.6 is 11.6 Å². The molecule has 1 aliphatic heterocycles. The number of nitrogens with one attached hydrogen (secondary N) is 2. The number of carbonyl (C=O) groups excluding carboxylic acids is 1. The lowest BCUT2D eigenvalue weighted by Gasteiger charge is -2.22. The summed E-state index contributed by atoms with van der Waals surface area (Å²) in [4.78, 5) is 12.3. The molecule has 2 N–H and O–H groups in total. The van der Waals surface area contributed by atoms with Crippen molar-refractivity contribution in [3.63, 3.8) is 0 Å². The molecule has 1 aliphatic rings. The molecule has 5 heteroatoms. The monoisotopic (exact) mass is 296 g/mol. The fourth-order valence-electron chi connectivity index (χ4n) is 2.25. The predicted molar refractivity (Wildman–Crippen MR) is 81.5 cm³/mol. The van der Waals surface area contributed by atoms with E-state index in [1.54, 1.807) is 18.2 Å². The minimum absolute atomic E-state index is 0.0155. The lowest BCUT2D eigenvalue weighted by Crippen LogP contribution is -2.37. The van der Waals surface area contributed by atoms with E-state index in [2.05, 4.69) is 10.6 Å². The molecule has 1 unspecified atom stereocenters. The normalized spacial score (nSPS) is 18.6. The summed E-state index contributed by atoms with van der Waals surface area (Å²) in [5.74, 6) is 0.718. The molecule has 0 spiro atoms. The van der Waals surface area contributed by atoms with Crippen molar-refractivity contribution in [2.45, 2.75) is 26.2 Å². The summed E-state index contributed by atoms with van der Waals surface area (Å²) in [6.45, 7) is 4.39. The van der Waals surface area contributed by atoms with Gasteiger partial charge in [0.15, 0.2) is 0 Å². The SMILES string of the molecule is CCCOc1ccc(Cl)cc1NC(=O)C1CCCNC1. The molecule has 1 fully saturated rings. The van der Waals surface area contributed by atoms with Crippen molar-refractivity contribution < 1.29 is 9.53 Å². The van der Waals surface area contributed by atoms with Crippen LogP contribution in [0.5, 0.6) is 5.75 Å². The van der Waals surface area contributed by atoms with Crippen molar-refractivity contribution in [2.75, 3.05) is 25.0 Å². The Labute approximate surface area is 124 Å². The van der Waals surface area contributed by atoms with Crippen molar-refractivity contribution in [3.05, 3.63) is 23.2 Å². The second-order valence-electron chi connectivity index (χ2n) is 5.02. The molecule has 0 radical (unpaired) electrons. The lowest BCUT2D eigenvalue weighted by molar-refractivity contribution is -0.120. The molecule has 1 atom stereocenters. The Morgan fingerprint density at radius 2 is 2.40 bits per heavy atom. The highest BCUT2D eigenvalue weighted by molar-refractivity contribution is 6.31. The van der Waals surface area contributed by atoms with Crippen LogP contribution in [0.15, 0.2) is 18.2 Å². The van der Waals surface area contributed by atoms with Crippen LogP contribution in [-0.4, -0.2) is 25.6 Å². The van der Waals surface area contributed by atoms with Gasteiger partial charge in [-0.05, 0) is 44.0 Å². The Morgan fingerprint density at radius 3 is 3.10 bits per heavy atom. The molecule has 0 aromatic heterocycles. The zero-order valence-corrected chi connectivity index (χ0v) is 12.5. The van der Waals surface area contributed by atoms with E-state index in [1.807, 2.05) is 6.92 Å². The zero-order chi connectivity index (χ0) is 14.4. The van der Waals surface area contributed by atoms with Crippen LogP contribution in [0.4, 0.5) is 5.69 Å². The number of rotatable bonds is 5. The number of benzene rings is 1. The van der Waals surface area contributed by atoms with Gasteiger partial charge in [-0.3, -0.25) is 4.79 Å². The van der Waals surface area contributed by atoms with Crippen LogP contribution in [0.3, 0.4) is 0 Å². The van der Waals surface area contributed by atoms with Crippen molar-refractivity contribution in [1.82, 2.24) is 5.32 Å². The largest absolute Gasteiger partial charge is 0.491 e. The maximum atomic E-state index is 12.3. The fraction of sp³-hybridized carbons (Fsp3) is 0.533. The standard InChI is InChI=1S/C15H21ClN2O2/c1-2-8-20-14-6-5-12(16)9-13(14)18-15(19)11-4-3-7-17-10-11/h5-6,9,11,17H,2-4,7-8,10H2,1H3,(H,18,19). The maximum Gasteiger partial charge on any atom is 0.228 e. The summed E-state index contributed by atoms with van der Waals surface area (Å²) >= 11 is 6.00. The van der Waals surface area contributed by atoms with Gasteiger partial charge in [-0.2, -0.15) is 0 Å². The molecule has 0 saturated carbocycles. The van der Waals surface area contributed by atoms with E-state index >= 15 is 0 Å². The first-order valence-corrected chi connectivity index (χ1v) is 7.52. The highest BCUT2D eigenvalue weighted by atomic mass is 35.5. The molecular weight excluding hydrogens is 276 g/mol. The van der Waals surface area contributed by atoms with Gasteiger partial charge in [0.2, 0.25) is 5.91 Å². The summed E-state index contributed by atoms with van der Waals surface area (Å²) in [5.41, 5.74) is 0.654. The average molecular weight is 297 g/mol. The third kappa shape index (κ3) is 4.12. The molecular formula is C15H21ClN2O2. The van der Waals surface area contributed by atoms with Crippen LogP contribution in [0, 0.1) is 5.92 Å². The van der Waals surface area contributed by atoms with E-state index in [0.29, 0.717) is 23.1 Å². The number of piperidine rings is 1. The Bertz CT molecular complexity index is 459. The molecule has 1 aromatic rings. The molecule has 20 heavy (non-hydrogen) atoms. The Kier molecular flexibility index (Phi) is 5.68. The molecule has 1 saturated heterocycles. The average Bonchev–Trinajstić information content (AvgIpc) is 2.47. The smallest absolute Gasteiger partial charge is 0.228 e. The van der Waals surface area contributed by atoms with Crippen molar-refractivity contribution in [1.29, 1.82) is 0 Å². The van der Waals surface area contributed by atoms with Crippen molar-refractivity contribution in [2.24, 2.45) is 5.92 Å². The minimum Gasteiger partial charge on any atom is -0.491 e. The number of amides is 1. The quantitative estimate of drug-likeness (QED) is 0.878. The minimum atomic E-state index is 0.0155. The molecule has 0 aliphatic carbocycles. The number of hydrogen-bond acceptors (Lipinski definition) is 3. The summed E-state index contributed by atoms with van der Waals surface area (Å²) in [6.07, 6.45) is 2.87. The fourth-order valence-corrected chi connectivity index (χ4v) is 2.42. The van der Waals surface area contributed by atoms with Gasteiger partial charge < -0.3 is 15.4 Å². The Morgan fingerprint density at radius 1 is 1.55 bits per heavy atom. The molecule has 1 aromatic carbocycles. The number of ether oxygens (including phenoxy) is 1. The zero-order valence-electron chi connectivity index (χ0n) is 11.7. The first-order chi connectivity index (χ1) is 9.70. The van der Waals surface area contributed by atoms with Crippen LogP contribution in [-0.2, 0) is 4.79 Å². The molecule has 110 valence electrons. The molecule has 0 bridgehead atoms. The first kappa shape index (κ1) is 15.1. The first-order valence-electron chi connectivity index (χ1n) is 7.14. The summed E-state index contributed by atoms with van der Waals surface area (Å²) < 4.78 is 5.64. The molecule has 1 heterocycles. The van der Waals surface area contributed by atoms with Gasteiger partial charge in [0.1, 0.15) is 5.75 Å². The van der Waals surface area contributed by atoms with Gasteiger partial charge in [0.25, 0.3) is 0 Å². The Hall–Kier alpha value is -1.26. The van der Waals surface area contributed by atoms with Crippen LogP contribution in [0.25, 0.3) is 0 Å². The topological polar surface area (TPSA) is 50.4 Å². The number of anilines is 1. The van der Waals surface area contributed by atoms with Crippen molar-refractivity contribution in [3.8, 4) is 5.75 Å². The predicted octanol–water partition coefficient (Wildman–Crippen LogP) is 3.07. The third-order valence-electron chi connectivity index (χ3n) is 3.33. The third-order valence-corrected chi connectivity index (χ3v) is 3.56. The molecule has 2 rings (SSSR count). The van der Waals surface area contributed by atoms with Gasteiger partial charge >= 0.3 is 0 Å². The lowest BCUT2D eigenvalue weighted by atomic mass is 9.99. The van der Waals surface area contributed by atoms with Crippen LogP contribution < -0.4 is 15.4 Å². The summed E-state index contributed by atoms with van der Waals surface area (Å²) in [7, 11) is 0. The van der Waals surface area contributed by atoms with Gasteiger partial charge in [-0.25, -0.2) is 0 Å². The van der Waals surface area contributed by atoms with Gasteiger partial charge in [-0.1, -0.05) is 18.5 Å². The van der Waals surface area contributed by atoms with E-state index in [4.69, 9.17) is 16.3 Å². The number of hydrogen-bond donors (Lipinski definition) is 2. The maximum absolute atomic E-state index is 12.3. The number of carbonyl (C=O) groups is 1. The molecule has 1 amide bonds. The highest BCUT2D eigenvalue weighted by Gasteiger charge is 2.21. The van der Waals surface area contributed by atoms with Crippen LogP contribution in [0.2, 0.25) is 5.02 Å². The van der Waals surface area contributed by atoms with Gasteiger partial charge in [0.05, 0.1) is 18.2 Å².